The second kappa shape index (κ2) is 5.40. The van der Waals surface area contributed by atoms with E-state index in [1.54, 1.807) is 0 Å². The molecule has 0 radical (unpaired) electrons. The molecule has 2 aromatic carbocycles. The van der Waals surface area contributed by atoms with Crippen LogP contribution in [0.25, 0.3) is 0 Å². The molecule has 0 amide bonds. The van der Waals surface area contributed by atoms with Crippen LogP contribution in [0.15, 0.2) is 42.5 Å². The average molecular weight is 256 g/mol. The van der Waals surface area contributed by atoms with Crippen molar-refractivity contribution in [3.8, 4) is 11.8 Å². The molecular weight excluding hydrogens is 243 g/mol. The van der Waals surface area contributed by atoms with Gasteiger partial charge in [0, 0.05) is 11.8 Å². The summed E-state index contributed by atoms with van der Waals surface area (Å²) in [5, 5.41) is 21.6. The molecule has 96 valence electrons. The number of aromatic hydroxyl groups is 1. The van der Waals surface area contributed by atoms with E-state index in [-0.39, 0.29) is 5.75 Å². The van der Waals surface area contributed by atoms with Crippen molar-refractivity contribution in [1.82, 2.24) is 0 Å². The molecule has 0 aliphatic rings. The van der Waals surface area contributed by atoms with Gasteiger partial charge in [-0.2, -0.15) is 5.26 Å². The molecule has 0 bridgehead atoms. The topological polar surface area (TPSA) is 56.0 Å². The van der Waals surface area contributed by atoms with Crippen molar-refractivity contribution in [1.29, 1.82) is 5.26 Å². The SMILES string of the molecule is Cc1ccccc1NC(C#N)c1cc(O)cc(F)c1. The fraction of sp³-hybridized carbons (Fsp3) is 0.133. The summed E-state index contributed by atoms with van der Waals surface area (Å²) in [6.45, 7) is 1.92. The molecule has 0 saturated carbocycles. The Hall–Kier alpha value is -2.54. The van der Waals surface area contributed by atoms with Gasteiger partial charge < -0.3 is 10.4 Å². The third-order valence-corrected chi connectivity index (χ3v) is 2.81. The molecule has 0 spiro atoms. The lowest BCUT2D eigenvalue weighted by Crippen LogP contribution is -2.09. The van der Waals surface area contributed by atoms with Gasteiger partial charge in [0.05, 0.1) is 6.07 Å². The molecule has 4 heteroatoms. The van der Waals surface area contributed by atoms with Crippen molar-refractivity contribution in [2.75, 3.05) is 5.32 Å². The van der Waals surface area contributed by atoms with Crippen LogP contribution >= 0.6 is 0 Å². The second-order valence-corrected chi connectivity index (χ2v) is 4.26. The molecule has 1 unspecified atom stereocenters. The van der Waals surface area contributed by atoms with E-state index in [2.05, 4.69) is 11.4 Å². The van der Waals surface area contributed by atoms with Gasteiger partial charge in [0.1, 0.15) is 17.6 Å². The number of halogens is 1. The Morgan fingerprint density at radius 3 is 2.63 bits per heavy atom. The second-order valence-electron chi connectivity index (χ2n) is 4.26. The highest BCUT2D eigenvalue weighted by atomic mass is 19.1. The van der Waals surface area contributed by atoms with Crippen LogP contribution in [0.3, 0.4) is 0 Å². The smallest absolute Gasteiger partial charge is 0.140 e. The molecule has 0 aliphatic carbocycles. The number of phenols is 1. The van der Waals surface area contributed by atoms with Gasteiger partial charge in [-0.3, -0.25) is 0 Å². The van der Waals surface area contributed by atoms with E-state index < -0.39 is 11.9 Å². The van der Waals surface area contributed by atoms with Gasteiger partial charge >= 0.3 is 0 Å². The Kier molecular flexibility index (Phi) is 3.67. The molecule has 0 aliphatic heterocycles. The van der Waals surface area contributed by atoms with Crippen molar-refractivity contribution in [2.24, 2.45) is 0 Å². The fourth-order valence-electron chi connectivity index (χ4n) is 1.84. The molecule has 2 N–H and O–H groups in total. The van der Waals surface area contributed by atoms with Gasteiger partial charge in [0.2, 0.25) is 0 Å². The normalized spacial score (nSPS) is 11.6. The van der Waals surface area contributed by atoms with Gasteiger partial charge in [-0.1, -0.05) is 18.2 Å². The third-order valence-electron chi connectivity index (χ3n) is 2.81. The average Bonchev–Trinajstić information content (AvgIpc) is 2.36. The number of hydrogen-bond acceptors (Lipinski definition) is 3. The Morgan fingerprint density at radius 1 is 1.26 bits per heavy atom. The van der Waals surface area contributed by atoms with E-state index in [0.717, 1.165) is 17.3 Å². The number of hydrogen-bond donors (Lipinski definition) is 2. The summed E-state index contributed by atoms with van der Waals surface area (Å²) < 4.78 is 13.2. The maximum absolute atomic E-state index is 13.2. The van der Waals surface area contributed by atoms with Gasteiger partial charge in [0.25, 0.3) is 0 Å². The predicted molar refractivity (Wildman–Crippen MR) is 71.2 cm³/mol. The molecule has 0 fully saturated rings. The maximum atomic E-state index is 13.2. The summed E-state index contributed by atoms with van der Waals surface area (Å²) in [5.41, 5.74) is 2.18. The summed E-state index contributed by atoms with van der Waals surface area (Å²) in [7, 11) is 0. The van der Waals surface area contributed by atoms with Crippen LogP contribution in [0.1, 0.15) is 17.2 Å². The zero-order valence-electron chi connectivity index (χ0n) is 10.4. The molecule has 19 heavy (non-hydrogen) atoms. The molecular formula is C15H13FN2O. The number of aryl methyl sites for hydroxylation is 1. The number of rotatable bonds is 3. The van der Waals surface area contributed by atoms with E-state index in [1.165, 1.54) is 12.1 Å². The first kappa shape index (κ1) is 12.9. The summed E-state index contributed by atoms with van der Waals surface area (Å²) in [4.78, 5) is 0. The Morgan fingerprint density at radius 2 is 2.00 bits per heavy atom. The highest BCUT2D eigenvalue weighted by molar-refractivity contribution is 5.53. The zero-order chi connectivity index (χ0) is 13.8. The number of para-hydroxylation sites is 1. The molecule has 0 saturated heterocycles. The standard InChI is InChI=1S/C15H13FN2O/c1-10-4-2-3-5-14(10)18-15(9-17)11-6-12(16)8-13(19)7-11/h2-8,15,18-19H,1H3. The van der Waals surface area contributed by atoms with E-state index in [0.29, 0.717) is 5.56 Å². The molecule has 2 aromatic rings. The van der Waals surface area contributed by atoms with Crippen LogP contribution in [-0.4, -0.2) is 5.11 Å². The van der Waals surface area contributed by atoms with Crippen LogP contribution in [0.5, 0.6) is 5.75 Å². The summed E-state index contributed by atoms with van der Waals surface area (Å²) in [5.74, 6) is -0.760. The molecule has 1 atom stereocenters. The van der Waals surface area contributed by atoms with Crippen LogP contribution < -0.4 is 5.32 Å². The van der Waals surface area contributed by atoms with Crippen molar-refractivity contribution in [3.63, 3.8) is 0 Å². The number of nitrogens with one attached hydrogen (secondary N) is 1. The summed E-state index contributed by atoms with van der Waals surface area (Å²) in [6.07, 6.45) is 0. The van der Waals surface area contributed by atoms with E-state index >= 15 is 0 Å². The van der Waals surface area contributed by atoms with Gasteiger partial charge in [-0.05, 0) is 36.2 Å². The number of nitriles is 1. The van der Waals surface area contributed by atoms with Crippen LogP contribution in [0, 0.1) is 24.1 Å². The van der Waals surface area contributed by atoms with Crippen molar-refractivity contribution < 1.29 is 9.50 Å². The Bertz CT molecular complexity index is 614. The first-order chi connectivity index (χ1) is 9.10. The minimum atomic E-state index is -0.720. The van der Waals surface area contributed by atoms with E-state index in [1.807, 2.05) is 31.2 Å². The van der Waals surface area contributed by atoms with Gasteiger partial charge in [-0.25, -0.2) is 4.39 Å². The fourth-order valence-corrected chi connectivity index (χ4v) is 1.84. The monoisotopic (exact) mass is 256 g/mol. The van der Waals surface area contributed by atoms with Crippen LogP contribution in [0.2, 0.25) is 0 Å². The summed E-state index contributed by atoms with van der Waals surface area (Å²) in [6, 6.07) is 12.5. The first-order valence-corrected chi connectivity index (χ1v) is 5.81. The minimum Gasteiger partial charge on any atom is -0.508 e. The number of nitrogens with zero attached hydrogens (tertiary/aromatic N) is 1. The highest BCUT2D eigenvalue weighted by Gasteiger charge is 2.13. The quantitative estimate of drug-likeness (QED) is 0.883. The van der Waals surface area contributed by atoms with Gasteiger partial charge in [-0.15, -0.1) is 0 Å². The van der Waals surface area contributed by atoms with E-state index in [4.69, 9.17) is 0 Å². The highest BCUT2D eigenvalue weighted by Crippen LogP contribution is 2.25. The molecule has 0 heterocycles. The molecule has 2 rings (SSSR count). The Labute approximate surface area is 110 Å². The third kappa shape index (κ3) is 3.02. The lowest BCUT2D eigenvalue weighted by Gasteiger charge is -2.15. The van der Waals surface area contributed by atoms with Crippen LogP contribution in [0.4, 0.5) is 10.1 Å². The first-order valence-electron chi connectivity index (χ1n) is 5.81. The summed E-state index contributed by atoms with van der Waals surface area (Å²) >= 11 is 0. The minimum absolute atomic E-state index is 0.193. The lowest BCUT2D eigenvalue weighted by atomic mass is 10.1. The Balaban J connectivity index is 2.31. The number of phenolic OH excluding ortho intramolecular Hbond substituents is 1. The van der Waals surface area contributed by atoms with E-state index in [9.17, 15) is 14.8 Å². The molecule has 3 nitrogen and oxygen atoms in total. The van der Waals surface area contributed by atoms with Gasteiger partial charge in [0.15, 0.2) is 0 Å². The number of benzene rings is 2. The maximum Gasteiger partial charge on any atom is 0.140 e. The number of anilines is 1. The van der Waals surface area contributed by atoms with Crippen molar-refractivity contribution in [2.45, 2.75) is 13.0 Å². The largest absolute Gasteiger partial charge is 0.508 e. The predicted octanol–water partition coefficient (Wildman–Crippen LogP) is 3.52. The van der Waals surface area contributed by atoms with Crippen molar-refractivity contribution in [3.05, 3.63) is 59.4 Å². The van der Waals surface area contributed by atoms with Crippen molar-refractivity contribution >= 4 is 5.69 Å². The lowest BCUT2D eigenvalue weighted by molar-refractivity contribution is 0.468. The van der Waals surface area contributed by atoms with Crippen LogP contribution in [-0.2, 0) is 0 Å². The molecule has 0 aromatic heterocycles. The zero-order valence-corrected chi connectivity index (χ0v) is 10.4.